The van der Waals surface area contributed by atoms with E-state index >= 15 is 0 Å². The van der Waals surface area contributed by atoms with Crippen LogP contribution in [0.4, 0.5) is 22.0 Å². The molecule has 158 valence electrons. The largest absolute Gasteiger partial charge is 0.456 e. The molecule has 0 radical (unpaired) electrons. The van der Waals surface area contributed by atoms with Gasteiger partial charge in [-0.3, -0.25) is 14.8 Å². The van der Waals surface area contributed by atoms with Crippen LogP contribution in [0.3, 0.4) is 0 Å². The van der Waals surface area contributed by atoms with Crippen LogP contribution in [-0.2, 0) is 6.18 Å². The topological polar surface area (TPSA) is 67.9 Å². The van der Waals surface area contributed by atoms with Crippen molar-refractivity contribution in [1.29, 1.82) is 0 Å². The molecule has 1 aromatic carbocycles. The van der Waals surface area contributed by atoms with Gasteiger partial charge >= 0.3 is 6.18 Å². The van der Waals surface area contributed by atoms with Gasteiger partial charge in [0, 0.05) is 36.3 Å². The fraction of sp³-hybridized carbons (Fsp3) is 0.0952. The third-order valence-corrected chi connectivity index (χ3v) is 4.59. The van der Waals surface area contributed by atoms with Gasteiger partial charge in [-0.15, -0.1) is 0 Å². The molecule has 0 aliphatic heterocycles. The number of nitrogens with one attached hydrogen (secondary N) is 1. The number of fused-ring (bicyclic) bond motifs is 1. The van der Waals surface area contributed by atoms with E-state index < -0.39 is 28.9 Å². The van der Waals surface area contributed by atoms with E-state index in [-0.39, 0.29) is 33.7 Å². The highest BCUT2D eigenvalue weighted by Crippen LogP contribution is 2.38. The molecule has 31 heavy (non-hydrogen) atoms. The number of ether oxygens (including phenoxy) is 1. The van der Waals surface area contributed by atoms with Gasteiger partial charge in [0.2, 0.25) is 0 Å². The van der Waals surface area contributed by atoms with Crippen LogP contribution in [-0.4, -0.2) is 15.0 Å². The molecule has 10 heteroatoms. The Labute approximate surface area is 171 Å². The molecule has 0 unspecified atom stereocenters. The Morgan fingerprint density at radius 1 is 1.03 bits per heavy atom. The summed E-state index contributed by atoms with van der Waals surface area (Å²) in [6, 6.07) is 5.22. The number of alkyl halides is 3. The van der Waals surface area contributed by atoms with Gasteiger partial charge in [0.05, 0.1) is 22.2 Å². The quantitative estimate of drug-likeness (QED) is 0.441. The van der Waals surface area contributed by atoms with Crippen molar-refractivity contribution in [2.24, 2.45) is 0 Å². The molecule has 5 nitrogen and oxygen atoms in total. The fourth-order valence-corrected chi connectivity index (χ4v) is 2.98. The molecule has 0 aliphatic carbocycles. The van der Waals surface area contributed by atoms with Crippen molar-refractivity contribution in [3.63, 3.8) is 0 Å². The molecule has 0 saturated carbocycles. The number of rotatable bonds is 3. The standard InChI is InChI=1S/C21H12F5N3O2/c1-10-17(3-2-13(22)20(10)23)31-18-7-19(21(24,25)26)28-9-12(18)15-6-16(30)11-8-27-5-4-14(11)29-15/h2-9H,1H3,(H,29,30). The zero-order valence-corrected chi connectivity index (χ0v) is 15.7. The van der Waals surface area contributed by atoms with Crippen LogP contribution in [0, 0.1) is 18.6 Å². The Morgan fingerprint density at radius 2 is 1.81 bits per heavy atom. The van der Waals surface area contributed by atoms with Crippen molar-refractivity contribution < 1.29 is 26.7 Å². The SMILES string of the molecule is Cc1c(Oc2cc(C(F)(F)F)ncc2-c2cc(=O)c3cnccc3[nH]2)ccc(F)c1F. The summed E-state index contributed by atoms with van der Waals surface area (Å²) in [5.74, 6) is -2.84. The fourth-order valence-electron chi connectivity index (χ4n) is 2.98. The summed E-state index contributed by atoms with van der Waals surface area (Å²) in [4.78, 5) is 22.6. The van der Waals surface area contributed by atoms with E-state index in [4.69, 9.17) is 4.74 Å². The number of aromatic amines is 1. The lowest BCUT2D eigenvalue weighted by atomic mass is 10.1. The Hall–Kier alpha value is -3.82. The van der Waals surface area contributed by atoms with E-state index in [1.807, 2.05) is 0 Å². The van der Waals surface area contributed by atoms with E-state index in [1.54, 1.807) is 0 Å². The van der Waals surface area contributed by atoms with Gasteiger partial charge in [-0.25, -0.2) is 8.78 Å². The van der Waals surface area contributed by atoms with Gasteiger partial charge in [0.25, 0.3) is 0 Å². The second-order valence-corrected chi connectivity index (χ2v) is 6.62. The second kappa shape index (κ2) is 7.46. The number of halogens is 5. The molecule has 3 aromatic heterocycles. The minimum Gasteiger partial charge on any atom is -0.456 e. The van der Waals surface area contributed by atoms with Gasteiger partial charge < -0.3 is 9.72 Å². The highest BCUT2D eigenvalue weighted by molar-refractivity contribution is 5.81. The molecule has 0 bridgehead atoms. The van der Waals surface area contributed by atoms with Crippen molar-refractivity contribution in [2.45, 2.75) is 13.1 Å². The van der Waals surface area contributed by atoms with E-state index in [2.05, 4.69) is 15.0 Å². The number of pyridine rings is 3. The van der Waals surface area contributed by atoms with E-state index in [9.17, 15) is 26.7 Å². The maximum Gasteiger partial charge on any atom is 0.433 e. The average molecular weight is 433 g/mol. The first-order valence-electron chi connectivity index (χ1n) is 8.82. The molecule has 0 fully saturated rings. The lowest BCUT2D eigenvalue weighted by Crippen LogP contribution is -2.09. The monoisotopic (exact) mass is 433 g/mol. The van der Waals surface area contributed by atoms with Crippen molar-refractivity contribution in [2.75, 3.05) is 0 Å². The number of hydrogen-bond donors (Lipinski definition) is 1. The highest BCUT2D eigenvalue weighted by Gasteiger charge is 2.33. The van der Waals surface area contributed by atoms with Crippen molar-refractivity contribution in [3.8, 4) is 22.8 Å². The third kappa shape index (κ3) is 3.83. The first kappa shape index (κ1) is 20.5. The number of nitrogens with zero attached hydrogens (tertiary/aromatic N) is 2. The normalized spacial score (nSPS) is 11.7. The van der Waals surface area contributed by atoms with Crippen LogP contribution in [0.1, 0.15) is 11.3 Å². The minimum atomic E-state index is -4.78. The van der Waals surface area contributed by atoms with Gasteiger partial charge in [0.15, 0.2) is 17.1 Å². The van der Waals surface area contributed by atoms with Crippen molar-refractivity contribution in [1.82, 2.24) is 15.0 Å². The van der Waals surface area contributed by atoms with Crippen LogP contribution < -0.4 is 10.2 Å². The zero-order chi connectivity index (χ0) is 22.3. The Bertz CT molecular complexity index is 1370. The molecule has 0 aliphatic rings. The molecular weight excluding hydrogens is 421 g/mol. The summed E-state index contributed by atoms with van der Waals surface area (Å²) in [5.41, 5.74) is -1.36. The number of benzene rings is 1. The highest BCUT2D eigenvalue weighted by atomic mass is 19.4. The molecule has 3 heterocycles. The van der Waals surface area contributed by atoms with Gasteiger partial charge in [-0.1, -0.05) is 0 Å². The van der Waals surface area contributed by atoms with Gasteiger partial charge in [0.1, 0.15) is 17.2 Å². The average Bonchev–Trinajstić information content (AvgIpc) is 2.73. The number of H-pyrrole nitrogens is 1. The predicted octanol–water partition coefficient (Wildman–Crippen LogP) is 5.38. The Balaban J connectivity index is 1.91. The summed E-state index contributed by atoms with van der Waals surface area (Å²) in [6.07, 6.45) is -1.09. The summed E-state index contributed by atoms with van der Waals surface area (Å²) < 4.78 is 72.5. The molecule has 0 atom stereocenters. The van der Waals surface area contributed by atoms with Crippen LogP contribution in [0.5, 0.6) is 11.5 Å². The number of hydrogen-bond acceptors (Lipinski definition) is 4. The molecule has 4 rings (SSSR count). The van der Waals surface area contributed by atoms with Crippen LogP contribution in [0.25, 0.3) is 22.2 Å². The van der Waals surface area contributed by atoms with Crippen molar-refractivity contribution >= 4 is 10.9 Å². The summed E-state index contributed by atoms with van der Waals surface area (Å²) in [7, 11) is 0. The molecule has 0 spiro atoms. The lowest BCUT2D eigenvalue weighted by Gasteiger charge is -2.16. The van der Waals surface area contributed by atoms with Crippen molar-refractivity contribution in [3.05, 3.63) is 82.0 Å². The lowest BCUT2D eigenvalue weighted by molar-refractivity contribution is -0.141. The first-order valence-corrected chi connectivity index (χ1v) is 8.82. The second-order valence-electron chi connectivity index (χ2n) is 6.62. The minimum absolute atomic E-state index is 0.0212. The van der Waals surface area contributed by atoms with Gasteiger partial charge in [-0.05, 0) is 25.1 Å². The first-order chi connectivity index (χ1) is 14.6. The van der Waals surface area contributed by atoms with E-state index in [1.165, 1.54) is 31.5 Å². The zero-order valence-electron chi connectivity index (χ0n) is 15.7. The van der Waals surface area contributed by atoms with Crippen LogP contribution in [0.15, 0.2) is 53.7 Å². The summed E-state index contributed by atoms with van der Waals surface area (Å²) >= 11 is 0. The maximum absolute atomic E-state index is 13.9. The van der Waals surface area contributed by atoms with Gasteiger partial charge in [-0.2, -0.15) is 13.2 Å². The molecule has 4 aromatic rings. The third-order valence-electron chi connectivity index (χ3n) is 4.59. The predicted molar refractivity (Wildman–Crippen MR) is 102 cm³/mol. The molecule has 0 saturated heterocycles. The van der Waals surface area contributed by atoms with Crippen LogP contribution >= 0.6 is 0 Å². The Kier molecular flexibility index (Phi) is 4.92. The smallest absolute Gasteiger partial charge is 0.433 e. The summed E-state index contributed by atoms with van der Waals surface area (Å²) in [5, 5.41) is 0.282. The van der Waals surface area contributed by atoms with E-state index in [0.717, 1.165) is 18.3 Å². The molecule has 1 N–H and O–H groups in total. The van der Waals surface area contributed by atoms with Crippen LogP contribution in [0.2, 0.25) is 0 Å². The maximum atomic E-state index is 13.9. The summed E-state index contributed by atoms with van der Waals surface area (Å²) in [6.45, 7) is 1.23. The van der Waals surface area contributed by atoms with E-state index in [0.29, 0.717) is 11.6 Å². The number of aromatic nitrogens is 3. The molecule has 0 amide bonds. The molecular formula is C21H12F5N3O2. The Morgan fingerprint density at radius 3 is 2.55 bits per heavy atom.